The van der Waals surface area contributed by atoms with Gasteiger partial charge < -0.3 is 15.0 Å². The third-order valence-corrected chi connectivity index (χ3v) is 5.68. The summed E-state index contributed by atoms with van der Waals surface area (Å²) in [5.74, 6) is 0.451. The zero-order valence-corrected chi connectivity index (χ0v) is 19.0. The van der Waals surface area contributed by atoms with Gasteiger partial charge >= 0.3 is 0 Å². The maximum Gasteiger partial charge on any atom is 0.236 e. The van der Waals surface area contributed by atoms with Crippen LogP contribution in [0.15, 0.2) is 85.5 Å². The fraction of sp³-hybridized carbons (Fsp3) is 0.214. The predicted molar refractivity (Wildman–Crippen MR) is 132 cm³/mol. The Hall–Kier alpha value is -3.86. The lowest BCUT2D eigenvalue weighted by Crippen LogP contribution is -2.42. The van der Waals surface area contributed by atoms with Gasteiger partial charge in [0.15, 0.2) is 0 Å². The Kier molecular flexibility index (Phi) is 6.31. The standard InChI is InChI=1S/C28H28N2O3/c1-4-16-30-24-18-23(14-15-25(24)33-19-28(2,3)27(30)32)29-26(31)17-20-10-12-22(13-11-20)21-8-6-5-7-9-21/h4-15,18H,1,16-17,19H2,2-3H3,(H,29,31). The molecule has 0 saturated heterocycles. The fourth-order valence-corrected chi connectivity index (χ4v) is 3.87. The molecule has 33 heavy (non-hydrogen) atoms. The van der Waals surface area contributed by atoms with E-state index in [-0.39, 0.29) is 24.8 Å². The normalized spacial score (nSPS) is 14.6. The number of hydrogen-bond acceptors (Lipinski definition) is 3. The van der Waals surface area contributed by atoms with Crippen molar-refractivity contribution in [2.45, 2.75) is 20.3 Å². The van der Waals surface area contributed by atoms with Gasteiger partial charge in [0.05, 0.1) is 17.5 Å². The second kappa shape index (κ2) is 9.33. The molecule has 1 aliphatic rings. The number of benzene rings is 3. The van der Waals surface area contributed by atoms with Gasteiger partial charge in [0.1, 0.15) is 12.4 Å². The first-order valence-electron chi connectivity index (χ1n) is 11.0. The molecule has 2 amide bonds. The van der Waals surface area contributed by atoms with Gasteiger partial charge in [-0.2, -0.15) is 0 Å². The van der Waals surface area contributed by atoms with Gasteiger partial charge in [-0.05, 0) is 48.7 Å². The smallest absolute Gasteiger partial charge is 0.236 e. The van der Waals surface area contributed by atoms with Crippen LogP contribution in [0.3, 0.4) is 0 Å². The highest BCUT2D eigenvalue weighted by Gasteiger charge is 2.37. The zero-order chi connectivity index (χ0) is 23.4. The van der Waals surface area contributed by atoms with Gasteiger partial charge in [-0.1, -0.05) is 60.7 Å². The van der Waals surface area contributed by atoms with E-state index in [1.165, 1.54) is 0 Å². The van der Waals surface area contributed by atoms with E-state index in [4.69, 9.17) is 4.74 Å². The van der Waals surface area contributed by atoms with E-state index < -0.39 is 5.41 Å². The zero-order valence-electron chi connectivity index (χ0n) is 19.0. The number of rotatable bonds is 6. The number of anilines is 2. The van der Waals surface area contributed by atoms with Crippen LogP contribution in [0.1, 0.15) is 19.4 Å². The van der Waals surface area contributed by atoms with Crippen molar-refractivity contribution in [3.05, 3.63) is 91.0 Å². The number of nitrogens with zero attached hydrogens (tertiary/aromatic N) is 1. The Labute approximate surface area is 194 Å². The van der Waals surface area contributed by atoms with Crippen molar-refractivity contribution in [3.8, 4) is 16.9 Å². The number of hydrogen-bond donors (Lipinski definition) is 1. The second-order valence-corrected chi connectivity index (χ2v) is 8.85. The van der Waals surface area contributed by atoms with Crippen molar-refractivity contribution in [2.75, 3.05) is 23.4 Å². The van der Waals surface area contributed by atoms with Crippen LogP contribution in [0.4, 0.5) is 11.4 Å². The molecule has 0 bridgehead atoms. The Balaban J connectivity index is 1.48. The molecular formula is C28H28N2O3. The van der Waals surface area contributed by atoms with Gasteiger partial charge in [0, 0.05) is 12.2 Å². The van der Waals surface area contributed by atoms with Crippen LogP contribution in [-0.4, -0.2) is 25.0 Å². The minimum absolute atomic E-state index is 0.0388. The van der Waals surface area contributed by atoms with Gasteiger partial charge in [-0.15, -0.1) is 6.58 Å². The van der Waals surface area contributed by atoms with Crippen LogP contribution in [0.5, 0.6) is 5.75 Å². The number of ether oxygens (including phenoxy) is 1. The summed E-state index contributed by atoms with van der Waals surface area (Å²) in [7, 11) is 0. The molecule has 3 aromatic carbocycles. The summed E-state index contributed by atoms with van der Waals surface area (Å²) >= 11 is 0. The largest absolute Gasteiger partial charge is 0.490 e. The van der Waals surface area contributed by atoms with Crippen LogP contribution in [-0.2, 0) is 16.0 Å². The highest BCUT2D eigenvalue weighted by Crippen LogP contribution is 2.38. The molecule has 3 aromatic rings. The first kappa shape index (κ1) is 22.3. The highest BCUT2D eigenvalue weighted by atomic mass is 16.5. The van der Waals surface area contributed by atoms with E-state index in [1.807, 2.05) is 56.3 Å². The number of fused-ring (bicyclic) bond motifs is 1. The molecule has 0 atom stereocenters. The lowest BCUT2D eigenvalue weighted by molar-refractivity contribution is -0.127. The van der Waals surface area contributed by atoms with Gasteiger partial charge in [0.2, 0.25) is 11.8 Å². The first-order chi connectivity index (χ1) is 15.9. The van der Waals surface area contributed by atoms with Gasteiger partial charge in [0.25, 0.3) is 0 Å². The molecule has 1 N–H and O–H groups in total. The first-order valence-corrected chi connectivity index (χ1v) is 11.0. The lowest BCUT2D eigenvalue weighted by Gasteiger charge is -2.27. The number of carbonyl (C=O) groups is 2. The summed E-state index contributed by atoms with van der Waals surface area (Å²) in [5.41, 5.74) is 3.77. The van der Waals surface area contributed by atoms with E-state index in [9.17, 15) is 9.59 Å². The molecule has 168 valence electrons. The van der Waals surface area contributed by atoms with Gasteiger partial charge in [-0.3, -0.25) is 9.59 Å². The van der Waals surface area contributed by atoms with Crippen molar-refractivity contribution < 1.29 is 14.3 Å². The van der Waals surface area contributed by atoms with E-state index in [0.29, 0.717) is 23.7 Å². The Bertz CT molecular complexity index is 1170. The summed E-state index contributed by atoms with van der Waals surface area (Å²) in [4.78, 5) is 27.4. The number of nitrogens with one attached hydrogen (secondary N) is 1. The second-order valence-electron chi connectivity index (χ2n) is 8.85. The van der Waals surface area contributed by atoms with E-state index >= 15 is 0 Å². The van der Waals surface area contributed by atoms with Crippen molar-refractivity contribution in [1.82, 2.24) is 0 Å². The average molecular weight is 441 g/mol. The molecule has 5 heteroatoms. The van der Waals surface area contributed by atoms with E-state index in [1.54, 1.807) is 29.2 Å². The predicted octanol–water partition coefficient (Wildman–Crippen LogP) is 5.47. The van der Waals surface area contributed by atoms with Gasteiger partial charge in [-0.25, -0.2) is 0 Å². The number of carbonyl (C=O) groups excluding carboxylic acids is 2. The molecule has 1 aliphatic heterocycles. The summed E-state index contributed by atoms with van der Waals surface area (Å²) in [6.07, 6.45) is 1.94. The SMILES string of the molecule is C=CCN1C(=O)C(C)(C)COc2ccc(NC(=O)Cc3ccc(-c4ccccc4)cc3)cc21. The summed E-state index contributed by atoms with van der Waals surface area (Å²) in [5, 5.41) is 2.95. The third-order valence-electron chi connectivity index (χ3n) is 5.68. The lowest BCUT2D eigenvalue weighted by atomic mass is 9.93. The van der Waals surface area contributed by atoms with E-state index in [0.717, 1.165) is 16.7 Å². The minimum atomic E-state index is -0.655. The fourth-order valence-electron chi connectivity index (χ4n) is 3.87. The third kappa shape index (κ3) is 4.98. The topological polar surface area (TPSA) is 58.6 Å². The summed E-state index contributed by atoms with van der Waals surface area (Å²) in [6.45, 7) is 8.16. The Morgan fingerprint density at radius 2 is 1.76 bits per heavy atom. The molecule has 0 unspecified atom stereocenters. The molecule has 4 rings (SSSR count). The molecule has 0 aliphatic carbocycles. The highest BCUT2D eigenvalue weighted by molar-refractivity contribution is 6.01. The maximum absolute atomic E-state index is 13.0. The van der Waals surface area contributed by atoms with Crippen LogP contribution >= 0.6 is 0 Å². The maximum atomic E-state index is 13.0. The van der Waals surface area contributed by atoms with Crippen molar-refractivity contribution in [1.29, 1.82) is 0 Å². The van der Waals surface area contributed by atoms with Crippen molar-refractivity contribution in [3.63, 3.8) is 0 Å². The molecule has 0 aromatic heterocycles. The quantitative estimate of drug-likeness (QED) is 0.517. The minimum Gasteiger partial charge on any atom is -0.490 e. The van der Waals surface area contributed by atoms with Crippen molar-refractivity contribution >= 4 is 23.2 Å². The van der Waals surface area contributed by atoms with Crippen LogP contribution in [0.2, 0.25) is 0 Å². The number of amides is 2. The average Bonchev–Trinajstić information content (AvgIpc) is 2.90. The van der Waals surface area contributed by atoms with Crippen molar-refractivity contribution in [2.24, 2.45) is 5.41 Å². The summed E-state index contributed by atoms with van der Waals surface area (Å²) in [6, 6.07) is 23.5. The summed E-state index contributed by atoms with van der Waals surface area (Å²) < 4.78 is 5.90. The van der Waals surface area contributed by atoms with Crippen LogP contribution in [0, 0.1) is 5.41 Å². The Morgan fingerprint density at radius 1 is 1.06 bits per heavy atom. The monoisotopic (exact) mass is 440 g/mol. The van der Waals surface area contributed by atoms with Crippen LogP contribution < -0.4 is 15.0 Å². The Morgan fingerprint density at radius 3 is 2.45 bits per heavy atom. The molecule has 0 fully saturated rings. The molecule has 0 radical (unpaired) electrons. The molecule has 0 saturated carbocycles. The molecule has 1 heterocycles. The molecule has 0 spiro atoms. The van der Waals surface area contributed by atoms with E-state index in [2.05, 4.69) is 24.0 Å². The van der Waals surface area contributed by atoms with Crippen LogP contribution in [0.25, 0.3) is 11.1 Å². The molecular weight excluding hydrogens is 412 g/mol. The molecule has 5 nitrogen and oxygen atoms in total.